The van der Waals surface area contributed by atoms with Gasteiger partial charge >= 0.3 is 6.09 Å². The Hall–Kier alpha value is -2.38. The molecule has 0 aliphatic carbocycles. The maximum Gasteiger partial charge on any atom is 0.407 e. The number of anilines is 1. The molecule has 0 saturated carbocycles. The molecule has 1 aromatic carbocycles. The van der Waals surface area contributed by atoms with Gasteiger partial charge in [-0.15, -0.1) is 0 Å². The van der Waals surface area contributed by atoms with E-state index in [0.717, 1.165) is 12.1 Å². The molecule has 1 rings (SSSR count). The fourth-order valence-electron chi connectivity index (χ4n) is 1.51. The summed E-state index contributed by atoms with van der Waals surface area (Å²) in [5.74, 6) is -2.95. The van der Waals surface area contributed by atoms with Crippen molar-refractivity contribution in [3.05, 3.63) is 29.3 Å². The predicted molar refractivity (Wildman–Crippen MR) is 77.3 cm³/mol. The van der Waals surface area contributed by atoms with E-state index in [2.05, 4.69) is 10.6 Å². The number of nitrogens with one attached hydrogen (secondary N) is 2. The molecule has 0 aliphatic heterocycles. The molecule has 0 fully saturated rings. The summed E-state index contributed by atoms with van der Waals surface area (Å²) in [5, 5.41) is 4.87. The van der Waals surface area contributed by atoms with Crippen molar-refractivity contribution in [3.63, 3.8) is 0 Å². The van der Waals surface area contributed by atoms with Gasteiger partial charge in [0, 0.05) is 24.8 Å². The van der Waals surface area contributed by atoms with E-state index >= 15 is 0 Å². The van der Waals surface area contributed by atoms with Crippen molar-refractivity contribution in [2.45, 2.75) is 26.4 Å². The highest BCUT2D eigenvalue weighted by molar-refractivity contribution is 5.99. The van der Waals surface area contributed by atoms with Gasteiger partial charge in [0.1, 0.15) is 5.60 Å². The smallest absolute Gasteiger partial charge is 0.407 e. The van der Waals surface area contributed by atoms with E-state index in [1.807, 2.05) is 0 Å². The van der Waals surface area contributed by atoms with Gasteiger partial charge in [-0.1, -0.05) is 0 Å². The summed E-state index contributed by atoms with van der Waals surface area (Å²) in [6.45, 7) is 5.36. The fourth-order valence-corrected chi connectivity index (χ4v) is 1.51. The molecule has 0 heterocycles. The molecule has 0 saturated heterocycles. The lowest BCUT2D eigenvalue weighted by Crippen LogP contribution is -2.38. The molecule has 0 aliphatic rings. The first kappa shape index (κ1) is 17.7. The lowest BCUT2D eigenvalue weighted by Gasteiger charge is -2.19. The maximum atomic E-state index is 13.1. The van der Waals surface area contributed by atoms with Crippen molar-refractivity contribution in [1.29, 1.82) is 0 Å². The monoisotopic (exact) mass is 315 g/mol. The Morgan fingerprint density at radius 1 is 1.14 bits per heavy atom. The number of carbonyl (C=O) groups excluding carboxylic acids is 2. The van der Waals surface area contributed by atoms with Crippen LogP contribution in [-0.4, -0.2) is 30.7 Å². The van der Waals surface area contributed by atoms with Crippen molar-refractivity contribution >= 4 is 17.7 Å². The van der Waals surface area contributed by atoms with Crippen LogP contribution in [0.15, 0.2) is 12.1 Å². The first-order valence-corrected chi connectivity index (χ1v) is 6.59. The van der Waals surface area contributed by atoms with Gasteiger partial charge in [0.2, 0.25) is 0 Å². The van der Waals surface area contributed by atoms with Crippen LogP contribution < -0.4 is 16.4 Å². The zero-order valence-corrected chi connectivity index (χ0v) is 12.6. The third-order valence-corrected chi connectivity index (χ3v) is 2.42. The highest BCUT2D eigenvalue weighted by Gasteiger charge is 2.16. The minimum Gasteiger partial charge on any atom is -0.444 e. The van der Waals surface area contributed by atoms with E-state index in [1.54, 1.807) is 20.8 Å². The molecule has 8 heteroatoms. The van der Waals surface area contributed by atoms with Crippen LogP contribution in [0.25, 0.3) is 0 Å². The summed E-state index contributed by atoms with van der Waals surface area (Å²) in [7, 11) is 0. The van der Waals surface area contributed by atoms with Crippen molar-refractivity contribution < 1.29 is 23.1 Å². The second-order valence-electron chi connectivity index (χ2n) is 5.54. The number of alkyl carbamates (subject to hydrolysis) is 1. The Morgan fingerprint density at radius 2 is 1.68 bits per heavy atom. The summed E-state index contributed by atoms with van der Waals surface area (Å²) in [5.41, 5.74) is 4.50. The molecule has 1 aromatic rings. The number of benzene rings is 1. The van der Waals surface area contributed by atoms with Crippen LogP contribution in [0.2, 0.25) is 0 Å². The number of nitrogen functional groups attached to an aromatic ring is 1. The first-order valence-electron chi connectivity index (χ1n) is 6.59. The van der Waals surface area contributed by atoms with Crippen LogP contribution >= 0.6 is 0 Å². The van der Waals surface area contributed by atoms with E-state index in [0.29, 0.717) is 0 Å². The molecule has 0 aromatic heterocycles. The predicted octanol–water partition coefficient (Wildman–Crippen LogP) is 1.80. The van der Waals surface area contributed by atoms with Crippen LogP contribution in [0.1, 0.15) is 31.1 Å². The van der Waals surface area contributed by atoms with Gasteiger partial charge < -0.3 is 21.1 Å². The SMILES string of the molecule is CC(C)(C)OC(=O)NCCNC(=O)c1cc(F)c(F)cc1N. The second kappa shape index (κ2) is 7.06. The third-order valence-electron chi connectivity index (χ3n) is 2.42. The third kappa shape index (κ3) is 5.55. The summed E-state index contributed by atoms with van der Waals surface area (Å²) < 4.78 is 31.0. The number of hydrogen-bond acceptors (Lipinski definition) is 4. The van der Waals surface area contributed by atoms with Gasteiger partial charge in [-0.25, -0.2) is 13.6 Å². The number of rotatable bonds is 4. The fraction of sp³-hybridized carbons (Fsp3) is 0.429. The second-order valence-corrected chi connectivity index (χ2v) is 5.54. The Kier molecular flexibility index (Phi) is 5.67. The highest BCUT2D eigenvalue weighted by atomic mass is 19.2. The van der Waals surface area contributed by atoms with Crippen molar-refractivity contribution in [1.82, 2.24) is 10.6 Å². The summed E-state index contributed by atoms with van der Waals surface area (Å²) in [6, 6.07) is 1.46. The number of nitrogens with two attached hydrogens (primary N) is 1. The quantitative estimate of drug-likeness (QED) is 0.583. The van der Waals surface area contributed by atoms with Gasteiger partial charge in [0.25, 0.3) is 5.91 Å². The number of halogens is 2. The van der Waals surface area contributed by atoms with Crippen LogP contribution in [0, 0.1) is 11.6 Å². The van der Waals surface area contributed by atoms with Gasteiger partial charge in [-0.3, -0.25) is 4.79 Å². The van der Waals surface area contributed by atoms with Gasteiger partial charge in [0.05, 0.1) is 5.56 Å². The minimum atomic E-state index is -1.16. The molecule has 22 heavy (non-hydrogen) atoms. The molecule has 6 nitrogen and oxygen atoms in total. The topological polar surface area (TPSA) is 93.5 Å². The maximum absolute atomic E-state index is 13.1. The molecule has 0 atom stereocenters. The zero-order valence-electron chi connectivity index (χ0n) is 12.6. The van der Waals surface area contributed by atoms with E-state index in [1.165, 1.54) is 0 Å². The molecular weight excluding hydrogens is 296 g/mol. The average molecular weight is 315 g/mol. The van der Waals surface area contributed by atoms with Crippen LogP contribution in [0.4, 0.5) is 19.3 Å². The number of amides is 2. The first-order chi connectivity index (χ1) is 10.1. The van der Waals surface area contributed by atoms with Crippen LogP contribution in [-0.2, 0) is 4.74 Å². The Labute approximate surface area is 127 Å². The molecule has 122 valence electrons. The molecule has 2 amide bonds. The van der Waals surface area contributed by atoms with Gasteiger partial charge in [-0.2, -0.15) is 0 Å². The Morgan fingerprint density at radius 3 is 2.27 bits per heavy atom. The summed E-state index contributed by atoms with van der Waals surface area (Å²) in [6.07, 6.45) is -0.617. The summed E-state index contributed by atoms with van der Waals surface area (Å²) in [4.78, 5) is 23.1. The number of ether oxygens (including phenoxy) is 1. The average Bonchev–Trinajstić information content (AvgIpc) is 2.36. The molecule has 4 N–H and O–H groups in total. The molecule has 0 bridgehead atoms. The highest BCUT2D eigenvalue weighted by Crippen LogP contribution is 2.16. The van der Waals surface area contributed by atoms with Crippen molar-refractivity contribution in [2.75, 3.05) is 18.8 Å². The zero-order chi connectivity index (χ0) is 16.9. The minimum absolute atomic E-state index is 0.0799. The van der Waals surface area contributed by atoms with Gasteiger partial charge in [-0.05, 0) is 26.8 Å². The van der Waals surface area contributed by atoms with E-state index < -0.39 is 29.2 Å². The lowest BCUT2D eigenvalue weighted by atomic mass is 10.1. The normalized spacial score (nSPS) is 11.0. The molecule has 0 unspecified atom stereocenters. The van der Waals surface area contributed by atoms with Crippen LogP contribution in [0.5, 0.6) is 0 Å². The Bertz CT molecular complexity index is 571. The van der Waals surface area contributed by atoms with E-state index in [4.69, 9.17) is 10.5 Å². The number of carbonyl (C=O) groups is 2. The molecule has 0 radical (unpaired) electrons. The van der Waals surface area contributed by atoms with Crippen LogP contribution in [0.3, 0.4) is 0 Å². The molecular formula is C14H19F2N3O3. The lowest BCUT2D eigenvalue weighted by molar-refractivity contribution is 0.0526. The standard InChI is InChI=1S/C14H19F2N3O3/c1-14(2,3)22-13(21)19-5-4-18-12(20)8-6-9(15)10(16)7-11(8)17/h6-7H,4-5,17H2,1-3H3,(H,18,20)(H,19,21). The van der Waals surface area contributed by atoms with Crippen molar-refractivity contribution in [3.8, 4) is 0 Å². The molecule has 0 spiro atoms. The Balaban J connectivity index is 2.44. The van der Waals surface area contributed by atoms with Gasteiger partial charge in [0.15, 0.2) is 11.6 Å². The van der Waals surface area contributed by atoms with E-state index in [9.17, 15) is 18.4 Å². The van der Waals surface area contributed by atoms with E-state index in [-0.39, 0.29) is 24.3 Å². The van der Waals surface area contributed by atoms with Crippen molar-refractivity contribution in [2.24, 2.45) is 0 Å². The summed E-state index contributed by atoms with van der Waals surface area (Å²) >= 11 is 0. The number of hydrogen-bond donors (Lipinski definition) is 3. The largest absolute Gasteiger partial charge is 0.444 e.